The van der Waals surface area contributed by atoms with Crippen molar-refractivity contribution in [1.82, 2.24) is 14.8 Å². The minimum absolute atomic E-state index is 0.00482. The zero-order chi connectivity index (χ0) is 16.9. The van der Waals surface area contributed by atoms with Crippen LogP contribution in [0.25, 0.3) is 0 Å². The number of carbonyl (C=O) groups excluding carboxylic acids is 1. The molecule has 1 N–H and O–H groups in total. The van der Waals surface area contributed by atoms with Gasteiger partial charge in [-0.05, 0) is 42.9 Å². The maximum atomic E-state index is 12.7. The SMILES string of the molecule is CCN1CCN(C(=O)c2cc(Nc3ccc(Br)cc3)ccn2)CC1. The van der Waals surface area contributed by atoms with Crippen LogP contribution in [-0.2, 0) is 0 Å². The second-order valence-corrected chi connectivity index (χ2v) is 6.70. The van der Waals surface area contributed by atoms with Gasteiger partial charge in [-0.15, -0.1) is 0 Å². The van der Waals surface area contributed by atoms with Crippen LogP contribution in [0.15, 0.2) is 47.1 Å². The summed E-state index contributed by atoms with van der Waals surface area (Å²) in [6, 6.07) is 11.6. The van der Waals surface area contributed by atoms with Gasteiger partial charge in [0.2, 0.25) is 0 Å². The molecule has 1 aromatic heterocycles. The Morgan fingerprint density at radius 2 is 1.83 bits per heavy atom. The number of pyridine rings is 1. The van der Waals surface area contributed by atoms with Crippen molar-refractivity contribution in [3.63, 3.8) is 0 Å². The molecule has 1 aliphatic rings. The molecule has 24 heavy (non-hydrogen) atoms. The van der Waals surface area contributed by atoms with Crippen LogP contribution in [0, 0.1) is 0 Å². The van der Waals surface area contributed by atoms with Crippen molar-refractivity contribution >= 4 is 33.2 Å². The van der Waals surface area contributed by atoms with Crippen molar-refractivity contribution in [2.75, 3.05) is 38.0 Å². The molecule has 0 aliphatic carbocycles. The molecule has 5 nitrogen and oxygen atoms in total. The van der Waals surface area contributed by atoms with Crippen molar-refractivity contribution < 1.29 is 4.79 Å². The number of hydrogen-bond acceptors (Lipinski definition) is 4. The second-order valence-electron chi connectivity index (χ2n) is 5.79. The van der Waals surface area contributed by atoms with E-state index in [2.05, 4.69) is 38.1 Å². The van der Waals surface area contributed by atoms with E-state index in [9.17, 15) is 4.79 Å². The summed E-state index contributed by atoms with van der Waals surface area (Å²) in [5, 5.41) is 3.31. The number of halogens is 1. The lowest BCUT2D eigenvalue weighted by molar-refractivity contribution is 0.0637. The highest BCUT2D eigenvalue weighted by atomic mass is 79.9. The number of likely N-dealkylation sites (N-methyl/N-ethyl adjacent to an activating group) is 1. The zero-order valence-electron chi connectivity index (χ0n) is 13.7. The number of rotatable bonds is 4. The fourth-order valence-electron chi connectivity index (χ4n) is 2.75. The normalized spacial score (nSPS) is 15.3. The predicted octanol–water partition coefficient (Wildman–Crippen LogP) is 3.37. The van der Waals surface area contributed by atoms with Crippen molar-refractivity contribution in [2.45, 2.75) is 6.92 Å². The number of amides is 1. The van der Waals surface area contributed by atoms with E-state index in [0.29, 0.717) is 5.69 Å². The van der Waals surface area contributed by atoms with E-state index in [1.54, 1.807) is 6.20 Å². The highest BCUT2D eigenvalue weighted by molar-refractivity contribution is 9.10. The first kappa shape index (κ1) is 16.9. The molecular weight excluding hydrogens is 368 g/mol. The van der Waals surface area contributed by atoms with Crippen LogP contribution in [0.2, 0.25) is 0 Å². The molecule has 1 aromatic carbocycles. The maximum Gasteiger partial charge on any atom is 0.272 e. The molecule has 1 saturated heterocycles. The minimum Gasteiger partial charge on any atom is -0.355 e. The third-order valence-corrected chi connectivity index (χ3v) is 4.75. The summed E-state index contributed by atoms with van der Waals surface area (Å²) in [4.78, 5) is 21.1. The summed E-state index contributed by atoms with van der Waals surface area (Å²) in [5.41, 5.74) is 2.32. The van der Waals surface area contributed by atoms with Gasteiger partial charge in [-0.3, -0.25) is 9.78 Å². The lowest BCUT2D eigenvalue weighted by atomic mass is 10.2. The van der Waals surface area contributed by atoms with Gasteiger partial charge in [-0.2, -0.15) is 0 Å². The van der Waals surface area contributed by atoms with Gasteiger partial charge in [-0.1, -0.05) is 22.9 Å². The zero-order valence-corrected chi connectivity index (χ0v) is 15.3. The largest absolute Gasteiger partial charge is 0.355 e. The first-order chi connectivity index (χ1) is 11.7. The Hall–Kier alpha value is -1.92. The molecular formula is C18H21BrN4O. The molecule has 1 aliphatic heterocycles. The number of hydrogen-bond donors (Lipinski definition) is 1. The summed E-state index contributed by atoms with van der Waals surface area (Å²) in [7, 11) is 0. The van der Waals surface area contributed by atoms with Crippen molar-refractivity contribution in [2.24, 2.45) is 0 Å². The molecule has 3 rings (SSSR count). The van der Waals surface area contributed by atoms with Crippen LogP contribution >= 0.6 is 15.9 Å². The predicted molar refractivity (Wildman–Crippen MR) is 99.7 cm³/mol. The molecule has 0 saturated carbocycles. The molecule has 6 heteroatoms. The molecule has 0 bridgehead atoms. The number of piperazine rings is 1. The van der Waals surface area contributed by atoms with E-state index in [-0.39, 0.29) is 5.91 Å². The number of nitrogens with one attached hydrogen (secondary N) is 1. The Kier molecular flexibility index (Phi) is 5.48. The van der Waals surface area contributed by atoms with E-state index < -0.39 is 0 Å². The van der Waals surface area contributed by atoms with Gasteiger partial charge in [-0.25, -0.2) is 0 Å². The monoisotopic (exact) mass is 388 g/mol. The lowest BCUT2D eigenvalue weighted by Crippen LogP contribution is -2.48. The molecule has 0 unspecified atom stereocenters. The minimum atomic E-state index is 0.00482. The van der Waals surface area contributed by atoms with Crippen LogP contribution < -0.4 is 5.32 Å². The average Bonchev–Trinajstić information content (AvgIpc) is 2.63. The maximum absolute atomic E-state index is 12.7. The molecule has 0 spiro atoms. The molecule has 2 aromatic rings. The summed E-state index contributed by atoms with van der Waals surface area (Å²) in [6.45, 7) is 6.57. The van der Waals surface area contributed by atoms with Gasteiger partial charge in [0.25, 0.3) is 5.91 Å². The standard InChI is InChI=1S/C18H21BrN4O/c1-2-22-9-11-23(12-10-22)18(24)17-13-16(7-8-20-17)21-15-5-3-14(19)4-6-15/h3-8,13H,2,9-12H2,1H3,(H,20,21). The highest BCUT2D eigenvalue weighted by Gasteiger charge is 2.22. The molecule has 2 heterocycles. The van der Waals surface area contributed by atoms with E-state index >= 15 is 0 Å². The summed E-state index contributed by atoms with van der Waals surface area (Å²) in [6.07, 6.45) is 1.68. The second kappa shape index (κ2) is 7.77. The summed E-state index contributed by atoms with van der Waals surface area (Å²) >= 11 is 3.42. The molecule has 0 radical (unpaired) electrons. The first-order valence-electron chi connectivity index (χ1n) is 8.16. The molecule has 1 amide bonds. The Bertz CT molecular complexity index is 696. The fourth-order valence-corrected chi connectivity index (χ4v) is 3.02. The van der Waals surface area contributed by atoms with Crippen LogP contribution in [0.3, 0.4) is 0 Å². The number of aromatic nitrogens is 1. The van der Waals surface area contributed by atoms with Crippen LogP contribution in [0.5, 0.6) is 0 Å². The number of carbonyl (C=O) groups is 1. The van der Waals surface area contributed by atoms with Crippen LogP contribution in [0.1, 0.15) is 17.4 Å². The Morgan fingerprint density at radius 3 is 2.50 bits per heavy atom. The van der Waals surface area contributed by atoms with Crippen LogP contribution in [0.4, 0.5) is 11.4 Å². The summed E-state index contributed by atoms with van der Waals surface area (Å²) < 4.78 is 1.03. The van der Waals surface area contributed by atoms with Gasteiger partial charge >= 0.3 is 0 Å². The van der Waals surface area contributed by atoms with Crippen molar-refractivity contribution in [1.29, 1.82) is 0 Å². The topological polar surface area (TPSA) is 48.5 Å². The van der Waals surface area contributed by atoms with E-state index in [0.717, 1.165) is 48.6 Å². The third-order valence-electron chi connectivity index (χ3n) is 4.22. The first-order valence-corrected chi connectivity index (χ1v) is 8.95. The smallest absolute Gasteiger partial charge is 0.272 e. The summed E-state index contributed by atoms with van der Waals surface area (Å²) in [5.74, 6) is 0.00482. The molecule has 0 atom stereocenters. The molecule has 126 valence electrons. The van der Waals surface area contributed by atoms with Crippen molar-refractivity contribution in [3.05, 3.63) is 52.8 Å². The Morgan fingerprint density at radius 1 is 1.12 bits per heavy atom. The van der Waals surface area contributed by atoms with E-state index in [4.69, 9.17) is 0 Å². The van der Waals surface area contributed by atoms with Gasteiger partial charge in [0.15, 0.2) is 0 Å². The van der Waals surface area contributed by atoms with Gasteiger partial charge < -0.3 is 15.1 Å². The lowest BCUT2D eigenvalue weighted by Gasteiger charge is -2.33. The number of anilines is 2. The van der Waals surface area contributed by atoms with Gasteiger partial charge in [0.05, 0.1) is 0 Å². The third kappa shape index (κ3) is 4.13. The molecule has 1 fully saturated rings. The highest BCUT2D eigenvalue weighted by Crippen LogP contribution is 2.20. The number of nitrogens with zero attached hydrogens (tertiary/aromatic N) is 3. The number of benzene rings is 1. The van der Waals surface area contributed by atoms with Gasteiger partial charge in [0, 0.05) is 48.2 Å². The quantitative estimate of drug-likeness (QED) is 0.871. The van der Waals surface area contributed by atoms with Crippen molar-refractivity contribution in [3.8, 4) is 0 Å². The average molecular weight is 389 g/mol. The van der Waals surface area contributed by atoms with E-state index in [1.165, 1.54) is 0 Å². The van der Waals surface area contributed by atoms with Gasteiger partial charge in [0.1, 0.15) is 5.69 Å². The van der Waals surface area contributed by atoms with Crippen LogP contribution in [-0.4, -0.2) is 53.4 Å². The fraction of sp³-hybridized carbons (Fsp3) is 0.333. The Labute approximate surface area is 150 Å². The van der Waals surface area contributed by atoms with E-state index in [1.807, 2.05) is 41.3 Å². The Balaban J connectivity index is 1.68.